The van der Waals surface area contributed by atoms with Gasteiger partial charge in [0, 0.05) is 6.92 Å². The number of hydrogen-bond donors (Lipinski definition) is 1. The molecule has 1 amide bonds. The molecule has 0 saturated carbocycles. The molecule has 1 heterocycles. The normalized spacial score (nSPS) is 18.5. The lowest BCUT2D eigenvalue weighted by molar-refractivity contribution is -0.168. The largest absolute Gasteiger partial charge is 0.444 e. The SMILES string of the molecule is CC(=O)OC1Oc2ccccc2NC1=O. The molecule has 0 aromatic heterocycles. The molecule has 0 spiro atoms. The van der Waals surface area contributed by atoms with Crippen molar-refractivity contribution in [2.45, 2.75) is 13.2 Å². The predicted octanol–water partition coefficient (Wildman–Crippen LogP) is 0.907. The molecule has 1 aliphatic rings. The second-order valence-corrected chi connectivity index (χ2v) is 3.04. The number of ether oxygens (including phenoxy) is 2. The second-order valence-electron chi connectivity index (χ2n) is 3.04. The quantitative estimate of drug-likeness (QED) is 0.695. The number of anilines is 1. The third-order valence-corrected chi connectivity index (χ3v) is 1.87. The van der Waals surface area contributed by atoms with E-state index in [9.17, 15) is 9.59 Å². The Bertz CT molecular complexity index is 416. The average molecular weight is 207 g/mol. The van der Waals surface area contributed by atoms with Crippen LogP contribution in [0, 0.1) is 0 Å². The fraction of sp³-hybridized carbons (Fsp3) is 0.200. The highest BCUT2D eigenvalue weighted by molar-refractivity contribution is 5.97. The third kappa shape index (κ3) is 1.90. The minimum absolute atomic E-state index is 0.482. The van der Waals surface area contributed by atoms with E-state index in [0.29, 0.717) is 11.4 Å². The van der Waals surface area contributed by atoms with E-state index in [1.807, 2.05) is 0 Å². The molecule has 5 nitrogen and oxygen atoms in total. The first kappa shape index (κ1) is 9.51. The van der Waals surface area contributed by atoms with Crippen LogP contribution in [-0.4, -0.2) is 18.2 Å². The smallest absolute Gasteiger partial charge is 0.324 e. The van der Waals surface area contributed by atoms with Gasteiger partial charge in [0.25, 0.3) is 0 Å². The van der Waals surface area contributed by atoms with E-state index in [2.05, 4.69) is 10.1 Å². The summed E-state index contributed by atoms with van der Waals surface area (Å²) in [6, 6.07) is 6.93. The fourth-order valence-corrected chi connectivity index (χ4v) is 1.26. The van der Waals surface area contributed by atoms with E-state index in [-0.39, 0.29) is 0 Å². The number of esters is 1. The van der Waals surface area contributed by atoms with Crippen molar-refractivity contribution < 1.29 is 19.1 Å². The Hall–Kier alpha value is -2.04. The molecule has 78 valence electrons. The molecule has 5 heteroatoms. The van der Waals surface area contributed by atoms with Crippen LogP contribution in [0.25, 0.3) is 0 Å². The minimum atomic E-state index is -1.20. The number of carbonyl (C=O) groups is 2. The van der Waals surface area contributed by atoms with E-state index < -0.39 is 18.2 Å². The first-order chi connectivity index (χ1) is 7.16. The van der Waals surface area contributed by atoms with Crippen LogP contribution in [0.4, 0.5) is 5.69 Å². The highest BCUT2D eigenvalue weighted by Crippen LogP contribution is 2.28. The lowest BCUT2D eigenvalue weighted by Gasteiger charge is -2.24. The molecule has 2 rings (SSSR count). The Morgan fingerprint density at radius 3 is 2.93 bits per heavy atom. The van der Waals surface area contributed by atoms with Gasteiger partial charge in [0.2, 0.25) is 0 Å². The first-order valence-electron chi connectivity index (χ1n) is 4.40. The number of carbonyl (C=O) groups excluding carboxylic acids is 2. The van der Waals surface area contributed by atoms with Gasteiger partial charge in [0.15, 0.2) is 0 Å². The summed E-state index contributed by atoms with van der Waals surface area (Å²) in [6.07, 6.45) is -1.20. The zero-order chi connectivity index (χ0) is 10.8. The predicted molar refractivity (Wildman–Crippen MR) is 51.3 cm³/mol. The molecule has 15 heavy (non-hydrogen) atoms. The van der Waals surface area contributed by atoms with Crippen molar-refractivity contribution in [2.24, 2.45) is 0 Å². The molecule has 1 atom stereocenters. The van der Waals surface area contributed by atoms with Gasteiger partial charge in [0.05, 0.1) is 5.69 Å². The molecule has 0 radical (unpaired) electrons. The van der Waals surface area contributed by atoms with Gasteiger partial charge in [-0.3, -0.25) is 9.59 Å². The number of benzene rings is 1. The Balaban J connectivity index is 2.22. The summed E-state index contributed by atoms with van der Waals surface area (Å²) >= 11 is 0. The van der Waals surface area contributed by atoms with Gasteiger partial charge < -0.3 is 14.8 Å². The summed E-state index contributed by atoms with van der Waals surface area (Å²) in [5.74, 6) is -0.554. The number of fused-ring (bicyclic) bond motifs is 1. The van der Waals surface area contributed by atoms with E-state index in [0.717, 1.165) is 0 Å². The molecular formula is C10H9NO4. The van der Waals surface area contributed by atoms with Crippen molar-refractivity contribution >= 4 is 17.6 Å². The van der Waals surface area contributed by atoms with Gasteiger partial charge >= 0.3 is 18.2 Å². The molecule has 0 aliphatic carbocycles. The van der Waals surface area contributed by atoms with Gasteiger partial charge in [-0.15, -0.1) is 0 Å². The van der Waals surface area contributed by atoms with E-state index in [4.69, 9.17) is 4.74 Å². The zero-order valence-corrected chi connectivity index (χ0v) is 8.02. The summed E-state index contributed by atoms with van der Waals surface area (Å²) in [7, 11) is 0. The van der Waals surface area contributed by atoms with Crippen LogP contribution in [0.1, 0.15) is 6.92 Å². The Morgan fingerprint density at radius 2 is 2.20 bits per heavy atom. The topological polar surface area (TPSA) is 64.6 Å². The van der Waals surface area contributed by atoms with Gasteiger partial charge in [-0.25, -0.2) is 0 Å². The summed E-state index contributed by atoms with van der Waals surface area (Å²) in [5, 5.41) is 2.57. The highest BCUT2D eigenvalue weighted by Gasteiger charge is 2.29. The van der Waals surface area contributed by atoms with Gasteiger partial charge in [0.1, 0.15) is 5.75 Å². The number of para-hydroxylation sites is 2. The number of rotatable bonds is 1. The van der Waals surface area contributed by atoms with Crippen molar-refractivity contribution in [2.75, 3.05) is 5.32 Å². The van der Waals surface area contributed by atoms with Crippen LogP contribution in [0.2, 0.25) is 0 Å². The van der Waals surface area contributed by atoms with Crippen LogP contribution >= 0.6 is 0 Å². The van der Waals surface area contributed by atoms with E-state index in [1.165, 1.54) is 6.92 Å². The zero-order valence-electron chi connectivity index (χ0n) is 8.02. The number of nitrogens with one attached hydrogen (secondary N) is 1. The fourth-order valence-electron chi connectivity index (χ4n) is 1.26. The summed E-state index contributed by atoms with van der Waals surface area (Å²) in [4.78, 5) is 22.1. The highest BCUT2D eigenvalue weighted by atomic mass is 16.7. The third-order valence-electron chi connectivity index (χ3n) is 1.87. The monoisotopic (exact) mass is 207 g/mol. The lowest BCUT2D eigenvalue weighted by Crippen LogP contribution is -2.39. The maximum atomic E-state index is 11.4. The van der Waals surface area contributed by atoms with Gasteiger partial charge in [-0.1, -0.05) is 12.1 Å². The van der Waals surface area contributed by atoms with Crippen LogP contribution < -0.4 is 10.1 Å². The van der Waals surface area contributed by atoms with Crippen molar-refractivity contribution in [3.05, 3.63) is 24.3 Å². The van der Waals surface area contributed by atoms with Crippen molar-refractivity contribution in [1.29, 1.82) is 0 Å². The van der Waals surface area contributed by atoms with E-state index in [1.54, 1.807) is 24.3 Å². The molecule has 0 saturated heterocycles. The van der Waals surface area contributed by atoms with Crippen molar-refractivity contribution in [3.8, 4) is 5.75 Å². The minimum Gasteiger partial charge on any atom is -0.444 e. The Kier molecular flexibility index (Phi) is 2.29. The summed E-state index contributed by atoms with van der Waals surface area (Å²) < 4.78 is 9.89. The van der Waals surface area contributed by atoms with Gasteiger partial charge in [-0.2, -0.15) is 0 Å². The first-order valence-corrected chi connectivity index (χ1v) is 4.40. The standard InChI is InChI=1S/C10H9NO4/c1-6(12)14-10-9(13)11-7-4-2-3-5-8(7)15-10/h2-5,10H,1H3,(H,11,13). The second kappa shape index (κ2) is 3.61. The number of amides is 1. The maximum Gasteiger partial charge on any atom is 0.324 e. The van der Waals surface area contributed by atoms with Gasteiger partial charge in [-0.05, 0) is 12.1 Å². The Morgan fingerprint density at radius 1 is 1.47 bits per heavy atom. The Labute approximate surface area is 86.0 Å². The molecule has 1 unspecified atom stereocenters. The van der Waals surface area contributed by atoms with Crippen LogP contribution in [0.15, 0.2) is 24.3 Å². The lowest BCUT2D eigenvalue weighted by atomic mass is 10.2. The molecule has 0 bridgehead atoms. The molecule has 1 N–H and O–H groups in total. The molecular weight excluding hydrogens is 198 g/mol. The van der Waals surface area contributed by atoms with Crippen LogP contribution in [0.5, 0.6) is 5.75 Å². The molecule has 0 fully saturated rings. The van der Waals surface area contributed by atoms with Crippen molar-refractivity contribution in [1.82, 2.24) is 0 Å². The van der Waals surface area contributed by atoms with Crippen LogP contribution in [0.3, 0.4) is 0 Å². The van der Waals surface area contributed by atoms with E-state index >= 15 is 0 Å². The molecule has 1 aromatic rings. The maximum absolute atomic E-state index is 11.4. The van der Waals surface area contributed by atoms with Crippen molar-refractivity contribution in [3.63, 3.8) is 0 Å². The van der Waals surface area contributed by atoms with Crippen LogP contribution in [-0.2, 0) is 14.3 Å². The number of hydrogen-bond acceptors (Lipinski definition) is 4. The summed E-state index contributed by atoms with van der Waals surface area (Å²) in [5.41, 5.74) is 0.575. The molecule has 1 aliphatic heterocycles. The average Bonchev–Trinajstić information content (AvgIpc) is 2.18. The molecule has 1 aromatic carbocycles. The summed E-state index contributed by atoms with van der Waals surface area (Å²) in [6.45, 7) is 1.22.